The smallest absolute Gasteiger partial charge is 0.329 e. The lowest BCUT2D eigenvalue weighted by molar-refractivity contribution is -0.147. The van der Waals surface area contributed by atoms with Crippen molar-refractivity contribution in [1.29, 1.82) is 0 Å². The molecule has 2 N–H and O–H groups in total. The van der Waals surface area contributed by atoms with Gasteiger partial charge < -0.3 is 15.2 Å². The second-order valence-corrected chi connectivity index (χ2v) is 4.87. The van der Waals surface area contributed by atoms with Crippen molar-refractivity contribution in [3.8, 4) is 5.75 Å². The van der Waals surface area contributed by atoms with E-state index < -0.39 is 11.5 Å². The molecule has 0 heterocycles. The molecule has 0 aliphatic heterocycles. The lowest BCUT2D eigenvalue weighted by Gasteiger charge is -2.27. The summed E-state index contributed by atoms with van der Waals surface area (Å²) in [4.78, 5) is 21.5. The Morgan fingerprint density at radius 3 is 1.95 bits per heavy atom. The number of carboxylic acid groups (broad SMARTS) is 1. The lowest BCUT2D eigenvalue weighted by Crippen LogP contribution is -2.53. The van der Waals surface area contributed by atoms with E-state index in [9.17, 15) is 9.59 Å². The van der Waals surface area contributed by atoms with Crippen molar-refractivity contribution in [3.63, 3.8) is 0 Å². The van der Waals surface area contributed by atoms with Crippen LogP contribution in [0.25, 0.3) is 0 Å². The largest absolute Gasteiger partial charge is 0.497 e. The molecule has 1 aromatic rings. The Morgan fingerprint density at radius 1 is 1.24 bits per heavy atom. The van der Waals surface area contributed by atoms with E-state index in [1.165, 1.54) is 6.92 Å². The summed E-state index contributed by atoms with van der Waals surface area (Å²) >= 11 is 5.61. The van der Waals surface area contributed by atoms with E-state index in [1.807, 2.05) is 12.1 Å². The second-order valence-electron chi connectivity index (χ2n) is 4.43. The van der Waals surface area contributed by atoms with Crippen molar-refractivity contribution in [2.75, 3.05) is 7.11 Å². The molecule has 6 heteroatoms. The normalized spacial score (nSPS) is 10.1. The molecule has 0 aliphatic rings. The Balaban J connectivity index is 0.000000394. The summed E-state index contributed by atoms with van der Waals surface area (Å²) < 4.78 is 4.91. The molecule has 0 saturated carbocycles. The number of nitrogens with one attached hydrogen (secondary N) is 1. The highest BCUT2D eigenvalue weighted by Gasteiger charge is 2.35. The Morgan fingerprint density at radius 2 is 1.71 bits per heavy atom. The first-order valence-corrected chi connectivity index (χ1v) is 7.00. The fraction of sp³-hybridized carbons (Fsp3) is 0.467. The van der Waals surface area contributed by atoms with Crippen LogP contribution in [0.2, 0.25) is 5.02 Å². The summed E-state index contributed by atoms with van der Waals surface area (Å²) in [5.74, 6) is -0.441. The van der Waals surface area contributed by atoms with Crippen LogP contribution in [0.4, 0.5) is 0 Å². The van der Waals surface area contributed by atoms with Crippen molar-refractivity contribution < 1.29 is 19.4 Å². The van der Waals surface area contributed by atoms with Crippen molar-refractivity contribution in [2.24, 2.45) is 0 Å². The van der Waals surface area contributed by atoms with Crippen LogP contribution in [0.3, 0.4) is 0 Å². The van der Waals surface area contributed by atoms with E-state index in [1.54, 1.807) is 33.1 Å². The van der Waals surface area contributed by atoms with Gasteiger partial charge in [0, 0.05) is 11.9 Å². The first kappa shape index (κ1) is 19.2. The van der Waals surface area contributed by atoms with Gasteiger partial charge in [-0.3, -0.25) is 4.79 Å². The number of rotatable bonds is 5. The van der Waals surface area contributed by atoms with Crippen LogP contribution in [-0.2, 0) is 9.59 Å². The first-order valence-electron chi connectivity index (χ1n) is 6.63. The maximum Gasteiger partial charge on any atom is 0.329 e. The first-order chi connectivity index (χ1) is 9.81. The highest BCUT2D eigenvalue weighted by molar-refractivity contribution is 6.30. The van der Waals surface area contributed by atoms with Gasteiger partial charge >= 0.3 is 5.97 Å². The Kier molecular flexibility index (Phi) is 8.47. The van der Waals surface area contributed by atoms with Crippen molar-refractivity contribution in [3.05, 3.63) is 29.3 Å². The third-order valence-corrected chi connectivity index (χ3v) is 3.33. The van der Waals surface area contributed by atoms with Crippen LogP contribution in [0.15, 0.2) is 24.3 Å². The number of carbonyl (C=O) groups is 2. The van der Waals surface area contributed by atoms with Crippen LogP contribution in [0.1, 0.15) is 33.6 Å². The highest BCUT2D eigenvalue weighted by atomic mass is 35.5. The zero-order valence-electron chi connectivity index (χ0n) is 12.8. The van der Waals surface area contributed by atoms with Crippen molar-refractivity contribution in [1.82, 2.24) is 5.32 Å². The van der Waals surface area contributed by atoms with Crippen molar-refractivity contribution >= 4 is 23.5 Å². The van der Waals surface area contributed by atoms with Crippen molar-refractivity contribution in [2.45, 2.75) is 39.2 Å². The minimum atomic E-state index is -1.08. The van der Waals surface area contributed by atoms with Gasteiger partial charge in [-0.15, -0.1) is 0 Å². The van der Waals surface area contributed by atoms with Crippen LogP contribution >= 0.6 is 11.6 Å². The number of ether oxygens (including phenoxy) is 1. The maximum atomic E-state index is 10.8. The molecule has 0 atom stereocenters. The number of hydrogen-bond donors (Lipinski definition) is 2. The van der Waals surface area contributed by atoms with Crippen LogP contribution < -0.4 is 10.1 Å². The molecule has 1 aromatic carbocycles. The second kappa shape index (κ2) is 9.23. The molecular weight excluding hydrogens is 294 g/mol. The Bertz CT molecular complexity index is 455. The monoisotopic (exact) mass is 315 g/mol. The van der Waals surface area contributed by atoms with E-state index in [0.717, 1.165) is 10.8 Å². The van der Waals surface area contributed by atoms with E-state index in [2.05, 4.69) is 5.32 Å². The zero-order valence-corrected chi connectivity index (χ0v) is 13.5. The van der Waals surface area contributed by atoms with E-state index >= 15 is 0 Å². The summed E-state index contributed by atoms with van der Waals surface area (Å²) in [5.41, 5.74) is -1.08. The zero-order chi connectivity index (χ0) is 16.5. The molecule has 0 saturated heterocycles. The number of carboxylic acids is 1. The minimum absolute atomic E-state index is 0.305. The van der Waals surface area contributed by atoms with Gasteiger partial charge in [0.2, 0.25) is 5.91 Å². The summed E-state index contributed by atoms with van der Waals surface area (Å²) in [5, 5.41) is 12.0. The third kappa shape index (κ3) is 6.49. The summed E-state index contributed by atoms with van der Waals surface area (Å²) in [6.07, 6.45) is 0.802. The van der Waals surface area contributed by atoms with Gasteiger partial charge in [-0.05, 0) is 37.1 Å². The van der Waals surface area contributed by atoms with Gasteiger partial charge in [0.1, 0.15) is 11.3 Å². The fourth-order valence-electron chi connectivity index (χ4n) is 1.69. The standard InChI is InChI=1S/C8H15NO3.C7H7ClO/c1-4-8(5-2,7(11)12)9-6(3)10;1-9-7-4-2-6(8)3-5-7/h4-5H2,1-3H3,(H,9,10)(H,11,12);2-5H,1H3. The minimum Gasteiger partial charge on any atom is -0.497 e. The number of hydrogen-bond acceptors (Lipinski definition) is 3. The van der Waals surface area contributed by atoms with Crippen LogP contribution in [0.5, 0.6) is 5.75 Å². The maximum absolute atomic E-state index is 10.8. The quantitative estimate of drug-likeness (QED) is 0.875. The summed E-state index contributed by atoms with van der Waals surface area (Å²) in [6, 6.07) is 7.23. The van der Waals surface area contributed by atoms with Gasteiger partial charge in [-0.1, -0.05) is 25.4 Å². The molecule has 0 unspecified atom stereocenters. The molecule has 118 valence electrons. The number of benzene rings is 1. The number of carbonyl (C=O) groups excluding carboxylic acids is 1. The van der Waals surface area contributed by atoms with Gasteiger partial charge in [-0.2, -0.15) is 0 Å². The average molecular weight is 316 g/mol. The predicted octanol–water partition coefficient (Wildman–Crippen LogP) is 3.11. The Hall–Kier alpha value is -1.75. The molecular formula is C15H22ClNO4. The van der Waals surface area contributed by atoms with E-state index in [-0.39, 0.29) is 5.91 Å². The number of halogens is 1. The molecule has 0 bridgehead atoms. The topological polar surface area (TPSA) is 75.6 Å². The summed E-state index contributed by atoms with van der Waals surface area (Å²) in [6.45, 7) is 4.81. The third-order valence-electron chi connectivity index (χ3n) is 3.08. The molecule has 0 aromatic heterocycles. The van der Waals surface area contributed by atoms with Crippen LogP contribution in [0, 0.1) is 0 Å². The molecule has 0 fully saturated rings. The SMILES string of the molecule is CCC(CC)(NC(C)=O)C(=O)O.COc1ccc(Cl)cc1. The number of aliphatic carboxylic acids is 1. The highest BCUT2D eigenvalue weighted by Crippen LogP contribution is 2.15. The molecule has 0 aliphatic carbocycles. The lowest BCUT2D eigenvalue weighted by atomic mass is 9.93. The van der Waals surface area contributed by atoms with Gasteiger partial charge in [-0.25, -0.2) is 4.79 Å². The molecule has 0 radical (unpaired) electrons. The van der Waals surface area contributed by atoms with E-state index in [0.29, 0.717) is 12.8 Å². The number of amides is 1. The van der Waals surface area contributed by atoms with Crippen LogP contribution in [-0.4, -0.2) is 29.6 Å². The molecule has 1 amide bonds. The summed E-state index contributed by atoms with van der Waals surface area (Å²) in [7, 11) is 1.63. The molecule has 1 rings (SSSR count). The molecule has 5 nitrogen and oxygen atoms in total. The fourth-order valence-corrected chi connectivity index (χ4v) is 1.82. The molecule has 21 heavy (non-hydrogen) atoms. The average Bonchev–Trinajstić information content (AvgIpc) is 2.46. The molecule has 0 spiro atoms. The van der Waals surface area contributed by atoms with Gasteiger partial charge in [0.05, 0.1) is 7.11 Å². The van der Waals surface area contributed by atoms with E-state index in [4.69, 9.17) is 21.4 Å². The Labute approximate surface area is 130 Å². The number of methoxy groups -OCH3 is 1. The predicted molar refractivity (Wildman–Crippen MR) is 82.8 cm³/mol. The van der Waals surface area contributed by atoms with Gasteiger partial charge in [0.25, 0.3) is 0 Å². The van der Waals surface area contributed by atoms with Gasteiger partial charge in [0.15, 0.2) is 0 Å².